The fourth-order valence-electron chi connectivity index (χ4n) is 4.13. The molecule has 1 spiro atoms. The van der Waals surface area contributed by atoms with E-state index < -0.39 is 5.41 Å². The molecule has 1 saturated heterocycles. The summed E-state index contributed by atoms with van der Waals surface area (Å²) in [6.45, 7) is 6.71. The van der Waals surface area contributed by atoms with E-state index in [1.165, 1.54) is 11.3 Å². The van der Waals surface area contributed by atoms with E-state index in [0.717, 1.165) is 26.1 Å². The van der Waals surface area contributed by atoms with Gasteiger partial charge in [-0.15, -0.1) is 0 Å². The van der Waals surface area contributed by atoms with Gasteiger partial charge in [0.1, 0.15) is 0 Å². The molecule has 1 saturated carbocycles. The molecule has 1 unspecified atom stereocenters. The minimum atomic E-state index is -0.422. The lowest BCUT2D eigenvalue weighted by atomic mass is 9.89. The zero-order valence-electron chi connectivity index (χ0n) is 12.5. The van der Waals surface area contributed by atoms with Crippen molar-refractivity contribution in [3.63, 3.8) is 0 Å². The number of carbonyl (C=O) groups excluding carboxylic acids is 1. The third-order valence-electron chi connectivity index (χ3n) is 5.54. The maximum Gasteiger partial charge on any atom is 0.206 e. The van der Waals surface area contributed by atoms with Crippen molar-refractivity contribution in [3.05, 3.63) is 41.8 Å². The van der Waals surface area contributed by atoms with Gasteiger partial charge in [0.15, 0.2) is 5.76 Å². The molecule has 21 heavy (non-hydrogen) atoms. The molecule has 110 valence electrons. The van der Waals surface area contributed by atoms with Crippen LogP contribution in [0.4, 0.5) is 5.69 Å². The summed E-state index contributed by atoms with van der Waals surface area (Å²) in [4.78, 5) is 16.8. The van der Waals surface area contributed by atoms with E-state index in [4.69, 9.17) is 0 Å². The van der Waals surface area contributed by atoms with Crippen LogP contribution in [0, 0.1) is 12.3 Å². The molecular weight excluding hydrogens is 264 g/mol. The van der Waals surface area contributed by atoms with Gasteiger partial charge in [0, 0.05) is 31.5 Å². The highest BCUT2D eigenvalue weighted by Gasteiger charge is 2.74. The fraction of sp³-hybridized carbons (Fsp3) is 0.471. The van der Waals surface area contributed by atoms with Crippen LogP contribution >= 0.6 is 0 Å². The number of anilines is 1. The van der Waals surface area contributed by atoms with Crippen LogP contribution in [-0.4, -0.2) is 41.0 Å². The Morgan fingerprint density at radius 2 is 2.10 bits per heavy atom. The van der Waals surface area contributed by atoms with Gasteiger partial charge < -0.3 is 14.9 Å². The molecule has 2 atom stereocenters. The summed E-state index contributed by atoms with van der Waals surface area (Å²) in [6, 6.07) is 8.52. The second kappa shape index (κ2) is 3.81. The van der Waals surface area contributed by atoms with Crippen molar-refractivity contribution < 1.29 is 9.90 Å². The van der Waals surface area contributed by atoms with Gasteiger partial charge in [-0.2, -0.15) is 0 Å². The number of rotatable bonds is 1. The minimum Gasteiger partial charge on any atom is -0.503 e. The molecule has 1 aliphatic carbocycles. The number of aryl methyl sites for hydroxylation is 1. The van der Waals surface area contributed by atoms with Gasteiger partial charge in [0.2, 0.25) is 5.78 Å². The summed E-state index contributed by atoms with van der Waals surface area (Å²) >= 11 is 0. The average molecular weight is 284 g/mol. The molecule has 4 heteroatoms. The Bertz CT molecular complexity index is 669. The Labute approximate surface area is 124 Å². The van der Waals surface area contributed by atoms with Crippen LogP contribution in [0.3, 0.4) is 0 Å². The van der Waals surface area contributed by atoms with E-state index in [0.29, 0.717) is 0 Å². The van der Waals surface area contributed by atoms with Gasteiger partial charge in [-0.05, 0) is 38.0 Å². The Morgan fingerprint density at radius 3 is 2.86 bits per heavy atom. The van der Waals surface area contributed by atoms with Gasteiger partial charge in [0.05, 0.1) is 11.0 Å². The second-order valence-corrected chi connectivity index (χ2v) is 6.84. The first-order chi connectivity index (χ1) is 9.96. The summed E-state index contributed by atoms with van der Waals surface area (Å²) < 4.78 is 0. The van der Waals surface area contributed by atoms with Crippen LogP contribution in [0.2, 0.25) is 0 Å². The number of carbonyl (C=O) groups is 1. The molecule has 2 heterocycles. The molecule has 2 aliphatic heterocycles. The molecule has 0 radical (unpaired) electrons. The number of ketones is 1. The van der Waals surface area contributed by atoms with E-state index in [1.807, 2.05) is 6.92 Å². The highest BCUT2D eigenvalue weighted by molar-refractivity contribution is 6.02. The Balaban J connectivity index is 1.68. The number of Topliss-reactive ketones (excluding diaryl/α,β-unsaturated/α-hetero) is 1. The number of aliphatic hydroxyl groups is 1. The van der Waals surface area contributed by atoms with Gasteiger partial charge in [0.25, 0.3) is 0 Å². The molecule has 0 bridgehead atoms. The zero-order valence-corrected chi connectivity index (χ0v) is 12.5. The summed E-state index contributed by atoms with van der Waals surface area (Å²) in [5.41, 5.74) is 1.93. The van der Waals surface area contributed by atoms with Crippen molar-refractivity contribution in [3.8, 4) is 0 Å². The molecule has 1 N–H and O–H groups in total. The van der Waals surface area contributed by atoms with E-state index >= 15 is 0 Å². The first-order valence-corrected chi connectivity index (χ1v) is 7.50. The van der Waals surface area contributed by atoms with Crippen molar-refractivity contribution in [1.82, 2.24) is 4.90 Å². The van der Waals surface area contributed by atoms with Crippen LogP contribution in [0.15, 0.2) is 36.2 Å². The molecule has 2 fully saturated rings. The van der Waals surface area contributed by atoms with Gasteiger partial charge in [-0.1, -0.05) is 12.1 Å². The van der Waals surface area contributed by atoms with Gasteiger partial charge >= 0.3 is 0 Å². The lowest BCUT2D eigenvalue weighted by Crippen LogP contribution is -2.58. The highest BCUT2D eigenvalue weighted by Crippen LogP contribution is 2.64. The lowest BCUT2D eigenvalue weighted by Gasteiger charge is -2.46. The first-order valence-electron chi connectivity index (χ1n) is 7.50. The number of aliphatic hydroxyl groups excluding tert-OH is 1. The van der Waals surface area contributed by atoms with Crippen LogP contribution in [0.1, 0.15) is 18.9 Å². The first kappa shape index (κ1) is 12.7. The van der Waals surface area contributed by atoms with Crippen LogP contribution in [-0.2, 0) is 4.79 Å². The van der Waals surface area contributed by atoms with E-state index in [1.54, 1.807) is 6.20 Å². The normalized spacial score (nSPS) is 34.2. The maximum absolute atomic E-state index is 12.3. The largest absolute Gasteiger partial charge is 0.503 e. The SMILES string of the molecule is Cc1cccc(N2CCN3C=C(O)C(=O)C4(C)C[C@]34C2)c1. The monoisotopic (exact) mass is 284 g/mol. The topological polar surface area (TPSA) is 43.8 Å². The lowest BCUT2D eigenvalue weighted by molar-refractivity contribution is -0.125. The second-order valence-electron chi connectivity index (χ2n) is 6.84. The molecule has 0 amide bonds. The smallest absolute Gasteiger partial charge is 0.206 e. The molecule has 0 aromatic heterocycles. The number of allylic oxidation sites excluding steroid dienone is 1. The third-order valence-corrected chi connectivity index (χ3v) is 5.54. The van der Waals surface area contributed by atoms with Crippen molar-refractivity contribution in [2.75, 3.05) is 24.5 Å². The highest BCUT2D eigenvalue weighted by atomic mass is 16.3. The Morgan fingerprint density at radius 1 is 1.29 bits per heavy atom. The summed E-state index contributed by atoms with van der Waals surface area (Å²) in [6.07, 6.45) is 2.49. The molecule has 1 aromatic rings. The number of benzene rings is 1. The minimum absolute atomic E-state index is 0.0744. The van der Waals surface area contributed by atoms with E-state index in [2.05, 4.69) is 41.0 Å². The number of piperazine rings is 1. The third kappa shape index (κ3) is 1.53. The molecular formula is C17H20N2O2. The summed E-state index contributed by atoms with van der Waals surface area (Å²) in [7, 11) is 0. The quantitative estimate of drug-likeness (QED) is 0.859. The number of hydrogen-bond donors (Lipinski definition) is 1. The molecule has 4 rings (SSSR count). The van der Waals surface area contributed by atoms with Crippen molar-refractivity contribution in [2.24, 2.45) is 5.41 Å². The van der Waals surface area contributed by atoms with Crippen LogP contribution in [0.5, 0.6) is 0 Å². The molecule has 1 aromatic carbocycles. The average Bonchev–Trinajstić information content (AvgIpc) is 3.07. The Hall–Kier alpha value is -1.97. The standard InChI is InChI=1S/C17H20N2O2/c1-12-4-3-5-13(8-12)18-6-7-19-9-14(20)15(21)16(2)10-17(16,19)11-18/h3-5,8-9,20H,6-7,10-11H2,1-2H3/t16?,17-/m1/s1. The van der Waals surface area contributed by atoms with Gasteiger partial charge in [-0.3, -0.25) is 4.79 Å². The predicted octanol–water partition coefficient (Wildman–Crippen LogP) is 2.25. The summed E-state index contributed by atoms with van der Waals surface area (Å²) in [5.74, 6) is -0.167. The number of hydrogen-bond acceptors (Lipinski definition) is 4. The van der Waals surface area contributed by atoms with Crippen molar-refractivity contribution >= 4 is 11.5 Å². The van der Waals surface area contributed by atoms with E-state index in [9.17, 15) is 9.90 Å². The summed E-state index contributed by atoms with van der Waals surface area (Å²) in [5, 5.41) is 9.85. The van der Waals surface area contributed by atoms with Crippen LogP contribution in [0.25, 0.3) is 0 Å². The Kier molecular flexibility index (Phi) is 2.31. The maximum atomic E-state index is 12.3. The molecule has 4 nitrogen and oxygen atoms in total. The predicted molar refractivity (Wildman–Crippen MR) is 81.3 cm³/mol. The molecule has 3 aliphatic rings. The van der Waals surface area contributed by atoms with Crippen molar-refractivity contribution in [2.45, 2.75) is 25.8 Å². The fourth-order valence-corrected chi connectivity index (χ4v) is 4.13. The van der Waals surface area contributed by atoms with Crippen molar-refractivity contribution in [1.29, 1.82) is 0 Å². The van der Waals surface area contributed by atoms with E-state index in [-0.39, 0.29) is 17.1 Å². The zero-order chi connectivity index (χ0) is 14.8. The van der Waals surface area contributed by atoms with Gasteiger partial charge in [-0.25, -0.2) is 0 Å². The number of nitrogens with zero attached hydrogens (tertiary/aromatic N) is 2. The van der Waals surface area contributed by atoms with Crippen LogP contribution < -0.4 is 4.90 Å².